The monoisotopic (exact) mass is 343 g/mol. The van der Waals surface area contributed by atoms with Gasteiger partial charge >= 0.3 is 6.03 Å². The van der Waals surface area contributed by atoms with Crippen molar-refractivity contribution < 1.29 is 4.79 Å². The summed E-state index contributed by atoms with van der Waals surface area (Å²) in [6.07, 6.45) is 5.11. The van der Waals surface area contributed by atoms with Gasteiger partial charge in [-0.25, -0.2) is 9.78 Å². The van der Waals surface area contributed by atoms with E-state index in [1.165, 1.54) is 0 Å². The molecule has 1 N–H and O–H groups in total. The van der Waals surface area contributed by atoms with Crippen molar-refractivity contribution >= 4 is 29.3 Å². The van der Waals surface area contributed by atoms with E-state index < -0.39 is 0 Å². The van der Waals surface area contributed by atoms with Gasteiger partial charge in [-0.3, -0.25) is 4.98 Å². The summed E-state index contributed by atoms with van der Waals surface area (Å²) in [4.78, 5) is 26.0. The van der Waals surface area contributed by atoms with Crippen LogP contribution in [0.4, 0.5) is 16.3 Å². The summed E-state index contributed by atoms with van der Waals surface area (Å²) in [5, 5.41) is 3.04. The topological polar surface area (TPSA) is 61.4 Å². The van der Waals surface area contributed by atoms with Crippen LogP contribution in [0.1, 0.15) is 6.92 Å². The van der Waals surface area contributed by atoms with Crippen LogP contribution >= 0.6 is 11.8 Å². The summed E-state index contributed by atoms with van der Waals surface area (Å²) in [6.45, 7) is 4.97. The van der Waals surface area contributed by atoms with Crippen molar-refractivity contribution in [3.8, 4) is 0 Å². The minimum Gasteiger partial charge on any atom is -0.352 e. The second-order valence-electron chi connectivity index (χ2n) is 5.40. The molecular formula is C17H21N5OS. The number of thioether (sulfide) groups is 1. The van der Waals surface area contributed by atoms with E-state index in [0.29, 0.717) is 13.1 Å². The Labute approximate surface area is 146 Å². The van der Waals surface area contributed by atoms with Gasteiger partial charge in [0.25, 0.3) is 0 Å². The van der Waals surface area contributed by atoms with Crippen LogP contribution in [0.2, 0.25) is 0 Å². The zero-order valence-corrected chi connectivity index (χ0v) is 14.5. The number of hydrogen-bond donors (Lipinski definition) is 1. The van der Waals surface area contributed by atoms with Gasteiger partial charge in [-0.1, -0.05) is 19.1 Å². The quantitative estimate of drug-likeness (QED) is 0.865. The molecule has 1 aromatic heterocycles. The first-order chi connectivity index (χ1) is 11.8. The summed E-state index contributed by atoms with van der Waals surface area (Å²) in [5.74, 6) is 1.84. The molecule has 0 spiro atoms. The lowest BCUT2D eigenvalue weighted by Crippen LogP contribution is -2.50. The van der Waals surface area contributed by atoms with E-state index in [-0.39, 0.29) is 6.03 Å². The van der Waals surface area contributed by atoms with Gasteiger partial charge in [0.05, 0.1) is 11.9 Å². The van der Waals surface area contributed by atoms with Gasteiger partial charge in [0.2, 0.25) is 0 Å². The summed E-state index contributed by atoms with van der Waals surface area (Å²) < 4.78 is 0. The number of benzene rings is 1. The Hall–Kier alpha value is -2.28. The Bertz CT molecular complexity index is 674. The smallest absolute Gasteiger partial charge is 0.321 e. The molecule has 1 fully saturated rings. The molecule has 0 unspecified atom stereocenters. The first kappa shape index (κ1) is 16.6. The number of carbonyl (C=O) groups is 1. The second-order valence-corrected chi connectivity index (χ2v) is 6.70. The number of amides is 2. The van der Waals surface area contributed by atoms with Crippen molar-refractivity contribution in [2.45, 2.75) is 11.8 Å². The fourth-order valence-corrected chi connectivity index (χ4v) is 3.40. The largest absolute Gasteiger partial charge is 0.352 e. The van der Waals surface area contributed by atoms with Gasteiger partial charge in [0, 0.05) is 43.5 Å². The maximum absolute atomic E-state index is 12.5. The summed E-state index contributed by atoms with van der Waals surface area (Å²) in [6, 6.07) is 7.88. The fraction of sp³-hybridized carbons (Fsp3) is 0.353. The predicted octanol–water partition coefficient (Wildman–Crippen LogP) is 2.94. The van der Waals surface area contributed by atoms with E-state index >= 15 is 0 Å². The third kappa shape index (κ3) is 3.97. The maximum Gasteiger partial charge on any atom is 0.321 e. The molecule has 0 saturated carbocycles. The predicted molar refractivity (Wildman–Crippen MR) is 97.7 cm³/mol. The number of urea groups is 1. The molecule has 0 radical (unpaired) electrons. The van der Waals surface area contributed by atoms with E-state index in [4.69, 9.17) is 0 Å². The highest BCUT2D eigenvalue weighted by Gasteiger charge is 2.22. The van der Waals surface area contributed by atoms with Crippen LogP contribution in [-0.4, -0.2) is 52.8 Å². The third-order valence-electron chi connectivity index (χ3n) is 3.87. The van der Waals surface area contributed by atoms with Crippen LogP contribution in [0.5, 0.6) is 0 Å². The first-order valence-corrected chi connectivity index (χ1v) is 9.05. The lowest BCUT2D eigenvalue weighted by atomic mass is 10.3. The average Bonchev–Trinajstić information content (AvgIpc) is 2.64. The van der Waals surface area contributed by atoms with Crippen LogP contribution in [0.15, 0.2) is 47.8 Å². The standard InChI is InChI=1S/C17H21N5OS/c1-2-24-15-6-4-3-5-14(15)20-17(23)22-11-9-21(10-12-22)16-13-18-7-8-19-16/h3-8,13H,2,9-12H2,1H3,(H,20,23). The van der Waals surface area contributed by atoms with Crippen LogP contribution in [0.25, 0.3) is 0 Å². The molecule has 2 amide bonds. The number of hydrogen-bond acceptors (Lipinski definition) is 5. The van der Waals surface area contributed by atoms with Crippen LogP contribution in [0, 0.1) is 0 Å². The number of aromatic nitrogens is 2. The zero-order chi connectivity index (χ0) is 16.8. The molecule has 24 heavy (non-hydrogen) atoms. The van der Waals surface area contributed by atoms with Gasteiger partial charge in [0.15, 0.2) is 0 Å². The SMILES string of the molecule is CCSc1ccccc1NC(=O)N1CCN(c2cnccn2)CC1. The van der Waals surface area contributed by atoms with Gasteiger partial charge < -0.3 is 15.1 Å². The Morgan fingerprint density at radius 2 is 2.00 bits per heavy atom. The van der Waals surface area contributed by atoms with Crippen molar-refractivity contribution in [3.63, 3.8) is 0 Å². The minimum atomic E-state index is -0.0436. The van der Waals surface area contributed by atoms with Crippen molar-refractivity contribution in [3.05, 3.63) is 42.9 Å². The van der Waals surface area contributed by atoms with E-state index in [1.54, 1.807) is 30.4 Å². The van der Waals surface area contributed by atoms with Crippen LogP contribution < -0.4 is 10.2 Å². The second kappa shape index (κ2) is 8.01. The molecule has 0 atom stereocenters. The van der Waals surface area contributed by atoms with E-state index in [1.807, 2.05) is 29.2 Å². The van der Waals surface area contributed by atoms with Gasteiger partial charge in [0.1, 0.15) is 5.82 Å². The number of anilines is 2. The highest BCUT2D eigenvalue weighted by Crippen LogP contribution is 2.27. The molecule has 6 nitrogen and oxygen atoms in total. The number of piperazine rings is 1. The van der Waals surface area contributed by atoms with Gasteiger partial charge in [-0.2, -0.15) is 0 Å². The Morgan fingerprint density at radius 3 is 2.71 bits per heavy atom. The molecule has 2 heterocycles. The number of rotatable bonds is 4. The Balaban J connectivity index is 1.58. The van der Waals surface area contributed by atoms with Crippen LogP contribution in [0.3, 0.4) is 0 Å². The molecule has 126 valence electrons. The van der Waals surface area contributed by atoms with E-state index in [2.05, 4.69) is 27.1 Å². The summed E-state index contributed by atoms with van der Waals surface area (Å²) in [5.41, 5.74) is 0.880. The Morgan fingerprint density at radius 1 is 1.21 bits per heavy atom. The molecule has 1 aliphatic rings. The van der Waals surface area contributed by atoms with Crippen LogP contribution in [-0.2, 0) is 0 Å². The zero-order valence-electron chi connectivity index (χ0n) is 13.7. The molecule has 1 aromatic carbocycles. The summed E-state index contributed by atoms with van der Waals surface area (Å²) >= 11 is 1.73. The minimum absolute atomic E-state index is 0.0436. The van der Waals surface area contributed by atoms with Gasteiger partial charge in [-0.15, -0.1) is 11.8 Å². The molecule has 1 aliphatic heterocycles. The van der Waals surface area contributed by atoms with E-state index in [9.17, 15) is 4.79 Å². The van der Waals surface area contributed by atoms with E-state index in [0.717, 1.165) is 35.2 Å². The number of nitrogens with one attached hydrogen (secondary N) is 1. The fourth-order valence-electron chi connectivity index (χ4n) is 2.64. The molecule has 0 bridgehead atoms. The highest BCUT2D eigenvalue weighted by atomic mass is 32.2. The first-order valence-electron chi connectivity index (χ1n) is 8.06. The lowest BCUT2D eigenvalue weighted by molar-refractivity contribution is 0.208. The number of carbonyl (C=O) groups excluding carboxylic acids is 1. The summed E-state index contributed by atoms with van der Waals surface area (Å²) in [7, 11) is 0. The average molecular weight is 343 g/mol. The maximum atomic E-state index is 12.5. The molecule has 2 aromatic rings. The van der Waals surface area contributed by atoms with Crippen molar-refractivity contribution in [1.82, 2.24) is 14.9 Å². The third-order valence-corrected chi connectivity index (χ3v) is 4.82. The van der Waals surface area contributed by atoms with Crippen molar-refractivity contribution in [2.24, 2.45) is 0 Å². The number of para-hydroxylation sites is 1. The molecular weight excluding hydrogens is 322 g/mol. The van der Waals surface area contributed by atoms with Crippen molar-refractivity contribution in [1.29, 1.82) is 0 Å². The Kier molecular flexibility index (Phi) is 5.53. The van der Waals surface area contributed by atoms with Gasteiger partial charge in [-0.05, 0) is 17.9 Å². The molecule has 3 rings (SSSR count). The number of nitrogens with zero attached hydrogens (tertiary/aromatic N) is 4. The molecule has 7 heteroatoms. The molecule has 0 aliphatic carbocycles. The normalized spacial score (nSPS) is 14.5. The van der Waals surface area contributed by atoms with Crippen molar-refractivity contribution in [2.75, 3.05) is 42.1 Å². The lowest BCUT2D eigenvalue weighted by Gasteiger charge is -2.35. The highest BCUT2D eigenvalue weighted by molar-refractivity contribution is 7.99. The molecule has 1 saturated heterocycles.